The van der Waals surface area contributed by atoms with Crippen molar-refractivity contribution in [2.75, 3.05) is 12.8 Å². The molecule has 0 atom stereocenters. The molecule has 2 N–H and O–H groups in total. The summed E-state index contributed by atoms with van der Waals surface area (Å²) in [7, 11) is 1.26. The van der Waals surface area contributed by atoms with Crippen LogP contribution in [-0.4, -0.2) is 23.0 Å². The zero-order valence-electron chi connectivity index (χ0n) is 12.8. The molecular weight excluding hydrogens is 357 g/mol. The fraction of sp³-hybridized carbons (Fsp3) is 0.200. The van der Waals surface area contributed by atoms with Crippen molar-refractivity contribution in [3.63, 3.8) is 0 Å². The van der Waals surface area contributed by atoms with Crippen molar-refractivity contribution in [3.8, 4) is 6.07 Å². The summed E-state index contributed by atoms with van der Waals surface area (Å²) >= 11 is 0.929. The third-order valence-corrected chi connectivity index (χ3v) is 3.96. The quantitative estimate of drug-likeness (QED) is 0.503. The van der Waals surface area contributed by atoms with Crippen molar-refractivity contribution in [1.29, 1.82) is 5.26 Å². The van der Waals surface area contributed by atoms with E-state index in [9.17, 15) is 18.0 Å². The minimum atomic E-state index is -4.81. The van der Waals surface area contributed by atoms with Crippen LogP contribution in [0.1, 0.15) is 27.2 Å². The average Bonchev–Trinajstić information content (AvgIpc) is 2.58. The van der Waals surface area contributed by atoms with Gasteiger partial charge in [-0.05, 0) is 17.7 Å². The number of nitriles is 1. The van der Waals surface area contributed by atoms with E-state index in [2.05, 4.69) is 14.7 Å². The Balaban J connectivity index is 2.20. The number of ether oxygens (including phenoxy) is 1. The van der Waals surface area contributed by atoms with Crippen LogP contribution >= 0.6 is 11.8 Å². The van der Waals surface area contributed by atoms with Crippen molar-refractivity contribution < 1.29 is 22.7 Å². The minimum Gasteiger partial charge on any atom is -0.465 e. The number of carbonyl (C=O) groups excluding carboxylic acids is 1. The van der Waals surface area contributed by atoms with Crippen molar-refractivity contribution in [2.45, 2.75) is 17.1 Å². The smallest absolute Gasteiger partial charge is 0.434 e. The van der Waals surface area contributed by atoms with Gasteiger partial charge in [-0.2, -0.15) is 18.4 Å². The molecule has 1 aromatic heterocycles. The van der Waals surface area contributed by atoms with Gasteiger partial charge in [-0.15, -0.1) is 0 Å². The van der Waals surface area contributed by atoms with E-state index in [0.29, 0.717) is 5.56 Å². The number of halogens is 3. The third-order valence-electron chi connectivity index (χ3n) is 3.04. The van der Waals surface area contributed by atoms with Gasteiger partial charge in [0.2, 0.25) is 0 Å². The average molecular weight is 368 g/mol. The van der Waals surface area contributed by atoms with Gasteiger partial charge in [-0.25, -0.2) is 14.8 Å². The van der Waals surface area contributed by atoms with E-state index < -0.39 is 29.2 Å². The molecule has 130 valence electrons. The first kappa shape index (κ1) is 18.5. The van der Waals surface area contributed by atoms with Crippen LogP contribution in [0.2, 0.25) is 0 Å². The number of esters is 1. The summed E-state index contributed by atoms with van der Waals surface area (Å²) in [5, 5.41) is 8.60. The fourth-order valence-corrected chi connectivity index (χ4v) is 2.65. The Morgan fingerprint density at radius 3 is 2.48 bits per heavy atom. The maximum Gasteiger partial charge on any atom is 0.434 e. The Morgan fingerprint density at radius 2 is 1.96 bits per heavy atom. The lowest BCUT2D eigenvalue weighted by atomic mass is 10.1. The van der Waals surface area contributed by atoms with Gasteiger partial charge in [0.25, 0.3) is 0 Å². The molecule has 0 spiro atoms. The predicted molar refractivity (Wildman–Crippen MR) is 83.5 cm³/mol. The molecule has 1 aromatic carbocycles. The van der Waals surface area contributed by atoms with Gasteiger partial charge >= 0.3 is 12.1 Å². The van der Waals surface area contributed by atoms with E-state index >= 15 is 0 Å². The molecule has 25 heavy (non-hydrogen) atoms. The van der Waals surface area contributed by atoms with E-state index in [1.807, 2.05) is 0 Å². The van der Waals surface area contributed by atoms with Gasteiger partial charge in [-0.1, -0.05) is 23.9 Å². The van der Waals surface area contributed by atoms with Crippen LogP contribution in [0.5, 0.6) is 0 Å². The molecule has 0 unspecified atom stereocenters. The second-order valence-corrected chi connectivity index (χ2v) is 5.64. The van der Waals surface area contributed by atoms with E-state index in [1.54, 1.807) is 12.1 Å². The number of carbonyl (C=O) groups is 1. The number of nitrogen functional groups attached to an aromatic ring is 1. The molecule has 2 aromatic rings. The molecule has 0 amide bonds. The van der Waals surface area contributed by atoms with Crippen molar-refractivity contribution in [1.82, 2.24) is 9.97 Å². The van der Waals surface area contributed by atoms with Gasteiger partial charge in [0, 0.05) is 5.75 Å². The highest BCUT2D eigenvalue weighted by molar-refractivity contribution is 7.98. The van der Waals surface area contributed by atoms with Crippen LogP contribution in [0.15, 0.2) is 29.4 Å². The highest BCUT2D eigenvalue weighted by atomic mass is 32.2. The number of rotatable bonds is 4. The highest BCUT2D eigenvalue weighted by Crippen LogP contribution is 2.33. The van der Waals surface area contributed by atoms with Crippen LogP contribution < -0.4 is 5.73 Å². The number of alkyl halides is 3. The molecule has 0 saturated heterocycles. The molecule has 0 saturated carbocycles. The van der Waals surface area contributed by atoms with Crippen molar-refractivity contribution in [3.05, 3.63) is 46.6 Å². The Labute approximate surface area is 144 Å². The summed E-state index contributed by atoms with van der Waals surface area (Å²) in [6.07, 6.45) is -4.81. The number of hydrogen-bond acceptors (Lipinski definition) is 7. The van der Waals surface area contributed by atoms with Gasteiger partial charge in [-0.3, -0.25) is 0 Å². The van der Waals surface area contributed by atoms with E-state index in [0.717, 1.165) is 17.3 Å². The summed E-state index contributed by atoms with van der Waals surface area (Å²) in [6, 6.07) is 7.72. The van der Waals surface area contributed by atoms with Gasteiger partial charge in [0.05, 0.1) is 12.7 Å². The minimum absolute atomic E-state index is 0.194. The molecule has 2 rings (SSSR count). The van der Waals surface area contributed by atoms with Crippen LogP contribution in [0.4, 0.5) is 19.0 Å². The fourth-order valence-electron chi connectivity index (χ4n) is 1.84. The second-order valence-electron chi connectivity index (χ2n) is 4.70. The molecule has 0 radical (unpaired) electrons. The van der Waals surface area contributed by atoms with Crippen molar-refractivity contribution in [2.24, 2.45) is 0 Å². The lowest BCUT2D eigenvalue weighted by Gasteiger charge is -2.10. The zero-order valence-corrected chi connectivity index (χ0v) is 13.6. The van der Waals surface area contributed by atoms with Gasteiger partial charge in [0.15, 0.2) is 10.9 Å². The second kappa shape index (κ2) is 7.40. The first-order valence-corrected chi connectivity index (χ1v) is 7.69. The summed E-state index contributed by atoms with van der Waals surface area (Å²) in [6.45, 7) is 0. The predicted octanol–water partition coefficient (Wildman–Crippen LogP) is 3.03. The monoisotopic (exact) mass is 368 g/mol. The molecular formula is C15H11F3N4O2S. The van der Waals surface area contributed by atoms with E-state index in [4.69, 9.17) is 11.0 Å². The molecule has 0 bridgehead atoms. The first-order chi connectivity index (χ1) is 11.8. The number of hydrogen-bond donors (Lipinski definition) is 1. The summed E-state index contributed by atoms with van der Waals surface area (Å²) in [4.78, 5) is 18.5. The number of benzene rings is 1. The Bertz CT molecular complexity index is 832. The number of thioether (sulfide) groups is 1. The highest BCUT2D eigenvalue weighted by Gasteiger charge is 2.37. The van der Waals surface area contributed by atoms with Crippen LogP contribution in [-0.2, 0) is 16.7 Å². The molecule has 0 aliphatic rings. The van der Waals surface area contributed by atoms with Crippen molar-refractivity contribution >= 4 is 23.5 Å². The summed E-state index contributed by atoms with van der Waals surface area (Å²) < 4.78 is 43.5. The molecule has 0 aliphatic carbocycles. The number of anilines is 1. The van der Waals surface area contributed by atoms with E-state index in [-0.39, 0.29) is 10.9 Å². The molecule has 1 heterocycles. The summed E-state index contributed by atoms with van der Waals surface area (Å²) in [5.41, 5.74) is 4.37. The normalized spacial score (nSPS) is 11.0. The van der Waals surface area contributed by atoms with Gasteiger partial charge < -0.3 is 10.5 Å². The van der Waals surface area contributed by atoms with Crippen LogP contribution in [0, 0.1) is 11.3 Å². The summed E-state index contributed by atoms with van der Waals surface area (Å²) in [5.74, 6) is -0.755. The maximum atomic E-state index is 13.0. The lowest BCUT2D eigenvalue weighted by molar-refractivity contribution is -0.141. The lowest BCUT2D eigenvalue weighted by Crippen LogP contribution is -2.14. The largest absolute Gasteiger partial charge is 0.465 e. The van der Waals surface area contributed by atoms with Gasteiger partial charge in [0.1, 0.15) is 17.5 Å². The maximum absolute atomic E-state index is 13.0. The number of aromatic nitrogens is 2. The Hall–Kier alpha value is -2.80. The number of nitrogens with zero attached hydrogens (tertiary/aromatic N) is 3. The zero-order chi connectivity index (χ0) is 18.6. The molecule has 0 aliphatic heterocycles. The number of methoxy groups -OCH3 is 1. The molecule has 6 nitrogen and oxygen atoms in total. The topological polar surface area (TPSA) is 102 Å². The SMILES string of the molecule is COC(=O)c1ccc(CSc2nc(N)c(C#N)c(C(F)(F)F)n2)cc1. The number of nitrogens with two attached hydrogens (primary N) is 1. The Morgan fingerprint density at radius 1 is 1.32 bits per heavy atom. The van der Waals surface area contributed by atoms with E-state index in [1.165, 1.54) is 25.3 Å². The first-order valence-electron chi connectivity index (χ1n) is 6.71. The standard InChI is InChI=1S/C15H11F3N4O2S/c1-24-13(23)9-4-2-8(3-5-9)7-25-14-21-11(15(16,17)18)10(6-19)12(20)22-14/h2-5H,7H2,1H3,(H2,20,21,22). The molecule has 10 heteroatoms. The molecule has 0 fully saturated rings. The Kier molecular flexibility index (Phi) is 5.48. The van der Waals surface area contributed by atoms with Crippen LogP contribution in [0.3, 0.4) is 0 Å². The third kappa shape index (κ3) is 4.39. The van der Waals surface area contributed by atoms with Crippen LogP contribution in [0.25, 0.3) is 0 Å².